The lowest BCUT2D eigenvalue weighted by Crippen LogP contribution is -2.37. The molecule has 0 radical (unpaired) electrons. The number of para-hydroxylation sites is 1. The maximum Gasteiger partial charge on any atom is 0.262 e. The van der Waals surface area contributed by atoms with Crippen molar-refractivity contribution in [1.29, 1.82) is 0 Å². The van der Waals surface area contributed by atoms with Crippen LogP contribution in [-0.2, 0) is 9.53 Å². The number of hydrogen-bond donors (Lipinski definition) is 1. The van der Waals surface area contributed by atoms with Crippen LogP contribution < -0.4 is 15.0 Å². The molecule has 26 heavy (non-hydrogen) atoms. The minimum absolute atomic E-state index is 0.0866. The fourth-order valence-electron chi connectivity index (χ4n) is 2.78. The van der Waals surface area contributed by atoms with E-state index in [4.69, 9.17) is 21.1 Å². The van der Waals surface area contributed by atoms with Crippen molar-refractivity contribution in [3.8, 4) is 5.75 Å². The van der Waals surface area contributed by atoms with Gasteiger partial charge in [-0.15, -0.1) is 0 Å². The van der Waals surface area contributed by atoms with Crippen LogP contribution in [0.2, 0.25) is 5.02 Å². The summed E-state index contributed by atoms with van der Waals surface area (Å²) in [4.78, 5) is 14.5. The zero-order valence-corrected chi connectivity index (χ0v) is 16.8. The lowest BCUT2D eigenvalue weighted by molar-refractivity contribution is -0.118. The van der Waals surface area contributed by atoms with Crippen molar-refractivity contribution in [1.82, 2.24) is 0 Å². The van der Waals surface area contributed by atoms with E-state index in [0.717, 1.165) is 28.8 Å². The van der Waals surface area contributed by atoms with E-state index < -0.39 is 0 Å². The summed E-state index contributed by atoms with van der Waals surface area (Å²) in [6.07, 6.45) is 0. The molecule has 0 aliphatic carbocycles. The third-order valence-corrected chi connectivity index (χ3v) is 4.96. The highest BCUT2D eigenvalue weighted by molar-refractivity contribution is 9.10. The molecule has 2 aromatic carbocycles. The molecular formula is C19H20BrClN2O3. The standard InChI is InChI=1S/C19H20BrClN2O3/c1-13-5-6-17(14(20)11-13)26-12-18(24)22-16-4-2-3-15(21)19(16)23-7-9-25-10-8-23/h2-6,11H,7-10,12H2,1H3,(H,22,24). The average Bonchev–Trinajstić information content (AvgIpc) is 2.62. The molecule has 1 fully saturated rings. The molecule has 5 nitrogen and oxygen atoms in total. The first-order valence-corrected chi connectivity index (χ1v) is 9.51. The van der Waals surface area contributed by atoms with Crippen LogP contribution in [0.15, 0.2) is 40.9 Å². The first-order valence-electron chi connectivity index (χ1n) is 8.34. The largest absolute Gasteiger partial charge is 0.483 e. The summed E-state index contributed by atoms with van der Waals surface area (Å²) < 4.78 is 11.8. The van der Waals surface area contributed by atoms with Crippen LogP contribution >= 0.6 is 27.5 Å². The molecule has 1 heterocycles. The van der Waals surface area contributed by atoms with Gasteiger partial charge in [0.05, 0.1) is 34.1 Å². The van der Waals surface area contributed by atoms with E-state index in [-0.39, 0.29) is 12.5 Å². The Bertz CT molecular complexity index is 794. The van der Waals surface area contributed by atoms with Gasteiger partial charge in [-0.25, -0.2) is 0 Å². The second kappa shape index (κ2) is 8.75. The van der Waals surface area contributed by atoms with Crippen LogP contribution in [-0.4, -0.2) is 38.8 Å². The summed E-state index contributed by atoms with van der Waals surface area (Å²) in [7, 11) is 0. The monoisotopic (exact) mass is 438 g/mol. The number of carbonyl (C=O) groups is 1. The number of nitrogens with zero attached hydrogens (tertiary/aromatic N) is 1. The van der Waals surface area contributed by atoms with Crippen LogP contribution in [0, 0.1) is 6.92 Å². The van der Waals surface area contributed by atoms with Gasteiger partial charge in [0, 0.05) is 13.1 Å². The van der Waals surface area contributed by atoms with Crippen molar-refractivity contribution in [3.63, 3.8) is 0 Å². The van der Waals surface area contributed by atoms with Crippen molar-refractivity contribution in [2.24, 2.45) is 0 Å². The zero-order valence-electron chi connectivity index (χ0n) is 14.4. The van der Waals surface area contributed by atoms with Crippen molar-refractivity contribution < 1.29 is 14.3 Å². The molecule has 2 aromatic rings. The lowest BCUT2D eigenvalue weighted by atomic mass is 10.2. The van der Waals surface area contributed by atoms with Crippen molar-refractivity contribution >= 4 is 44.8 Å². The Labute approximate surface area is 166 Å². The van der Waals surface area contributed by atoms with Gasteiger partial charge < -0.3 is 19.7 Å². The number of carbonyl (C=O) groups excluding carboxylic acids is 1. The Kier molecular flexibility index (Phi) is 6.40. The molecule has 1 N–H and O–H groups in total. The minimum Gasteiger partial charge on any atom is -0.483 e. The maximum atomic E-state index is 12.4. The van der Waals surface area contributed by atoms with Crippen molar-refractivity contribution in [3.05, 3.63) is 51.5 Å². The summed E-state index contributed by atoms with van der Waals surface area (Å²) >= 11 is 9.83. The zero-order chi connectivity index (χ0) is 18.5. The smallest absolute Gasteiger partial charge is 0.262 e. The highest BCUT2D eigenvalue weighted by Crippen LogP contribution is 2.34. The topological polar surface area (TPSA) is 50.8 Å². The number of halogens is 2. The van der Waals surface area contributed by atoms with E-state index >= 15 is 0 Å². The number of morpholine rings is 1. The van der Waals surface area contributed by atoms with Crippen LogP contribution in [0.4, 0.5) is 11.4 Å². The molecule has 138 valence electrons. The maximum absolute atomic E-state index is 12.4. The van der Waals surface area contributed by atoms with Crippen LogP contribution in [0.1, 0.15) is 5.56 Å². The van der Waals surface area contributed by atoms with Gasteiger partial charge in [0.2, 0.25) is 0 Å². The fraction of sp³-hybridized carbons (Fsp3) is 0.316. The summed E-state index contributed by atoms with van der Waals surface area (Å²) in [5.41, 5.74) is 2.61. The van der Waals surface area contributed by atoms with Crippen LogP contribution in [0.5, 0.6) is 5.75 Å². The molecule has 0 unspecified atom stereocenters. The summed E-state index contributed by atoms with van der Waals surface area (Å²) in [6, 6.07) is 11.2. The number of benzene rings is 2. The van der Waals surface area contributed by atoms with Gasteiger partial charge >= 0.3 is 0 Å². The van der Waals surface area contributed by atoms with E-state index in [1.165, 1.54) is 0 Å². The Morgan fingerprint density at radius 3 is 2.81 bits per heavy atom. The van der Waals surface area contributed by atoms with E-state index in [9.17, 15) is 4.79 Å². The number of ether oxygens (including phenoxy) is 2. The van der Waals surface area contributed by atoms with E-state index in [1.54, 1.807) is 0 Å². The minimum atomic E-state index is -0.241. The molecule has 0 spiro atoms. The molecule has 3 rings (SSSR count). The third-order valence-electron chi connectivity index (χ3n) is 4.03. The first kappa shape index (κ1) is 19.0. The van der Waals surface area contributed by atoms with Gasteiger partial charge in [-0.3, -0.25) is 4.79 Å². The molecule has 1 amide bonds. The van der Waals surface area contributed by atoms with Gasteiger partial charge in [-0.05, 0) is 52.7 Å². The van der Waals surface area contributed by atoms with Gasteiger partial charge in [0.1, 0.15) is 5.75 Å². The van der Waals surface area contributed by atoms with Gasteiger partial charge in [0.25, 0.3) is 5.91 Å². The highest BCUT2D eigenvalue weighted by Gasteiger charge is 2.19. The number of aryl methyl sites for hydroxylation is 1. The molecule has 0 bridgehead atoms. The van der Waals surface area contributed by atoms with E-state index in [1.807, 2.05) is 43.3 Å². The number of rotatable bonds is 5. The quantitative estimate of drug-likeness (QED) is 0.756. The third kappa shape index (κ3) is 4.69. The molecule has 0 atom stereocenters. The normalized spacial score (nSPS) is 14.2. The first-order chi connectivity index (χ1) is 12.5. The van der Waals surface area contributed by atoms with Crippen LogP contribution in [0.25, 0.3) is 0 Å². The lowest BCUT2D eigenvalue weighted by Gasteiger charge is -2.31. The van der Waals surface area contributed by atoms with Crippen LogP contribution in [0.3, 0.4) is 0 Å². The molecule has 0 saturated carbocycles. The van der Waals surface area contributed by atoms with E-state index in [0.29, 0.717) is 29.7 Å². The van der Waals surface area contributed by atoms with Gasteiger partial charge in [-0.2, -0.15) is 0 Å². The Hall–Kier alpha value is -1.76. The molecular weight excluding hydrogens is 420 g/mol. The number of hydrogen-bond acceptors (Lipinski definition) is 4. The summed E-state index contributed by atoms with van der Waals surface area (Å²) in [5.74, 6) is 0.388. The molecule has 1 aliphatic heterocycles. The van der Waals surface area contributed by atoms with Crippen molar-refractivity contribution in [2.75, 3.05) is 43.1 Å². The molecule has 7 heteroatoms. The Morgan fingerprint density at radius 2 is 2.08 bits per heavy atom. The number of anilines is 2. The summed E-state index contributed by atoms with van der Waals surface area (Å²) in [5, 5.41) is 3.51. The molecule has 1 aliphatic rings. The van der Waals surface area contributed by atoms with Gasteiger partial charge in [0.15, 0.2) is 6.61 Å². The predicted octanol–water partition coefficient (Wildman–Crippen LogP) is 4.27. The molecule has 0 aromatic heterocycles. The van der Waals surface area contributed by atoms with Crippen molar-refractivity contribution in [2.45, 2.75) is 6.92 Å². The second-order valence-corrected chi connectivity index (χ2v) is 7.27. The second-order valence-electron chi connectivity index (χ2n) is 6.01. The predicted molar refractivity (Wildman–Crippen MR) is 107 cm³/mol. The summed E-state index contributed by atoms with van der Waals surface area (Å²) in [6.45, 7) is 4.66. The fourth-order valence-corrected chi connectivity index (χ4v) is 3.68. The highest BCUT2D eigenvalue weighted by atomic mass is 79.9. The number of amides is 1. The average molecular weight is 440 g/mol. The molecule has 1 saturated heterocycles. The van der Waals surface area contributed by atoms with E-state index in [2.05, 4.69) is 26.1 Å². The van der Waals surface area contributed by atoms with Gasteiger partial charge in [-0.1, -0.05) is 23.7 Å². The Morgan fingerprint density at radius 1 is 1.31 bits per heavy atom. The SMILES string of the molecule is Cc1ccc(OCC(=O)Nc2cccc(Cl)c2N2CCOCC2)c(Br)c1. The Balaban J connectivity index is 1.68. The number of nitrogens with one attached hydrogen (secondary N) is 1.